The van der Waals surface area contributed by atoms with E-state index in [9.17, 15) is 0 Å². The summed E-state index contributed by atoms with van der Waals surface area (Å²) < 4.78 is 14.5. The van der Waals surface area contributed by atoms with E-state index in [2.05, 4.69) is 51.6 Å². The molecule has 0 radical (unpaired) electrons. The molecule has 2 N–H and O–H groups in total. The Hall–Kier alpha value is -1.58. The Bertz CT molecular complexity index is 887. The maximum Gasteiger partial charge on any atom is 0.227 e. The van der Waals surface area contributed by atoms with Crippen molar-refractivity contribution in [2.24, 2.45) is 0 Å². The van der Waals surface area contributed by atoms with Gasteiger partial charge in [-0.15, -0.1) is 0 Å². The van der Waals surface area contributed by atoms with Crippen molar-refractivity contribution in [2.45, 2.75) is 20.0 Å². The van der Waals surface area contributed by atoms with Crippen molar-refractivity contribution in [3.8, 4) is 11.5 Å². The van der Waals surface area contributed by atoms with Crippen LogP contribution in [0.1, 0.15) is 11.1 Å². The van der Waals surface area contributed by atoms with E-state index in [1.807, 2.05) is 13.8 Å². The van der Waals surface area contributed by atoms with E-state index in [0.29, 0.717) is 18.4 Å². The van der Waals surface area contributed by atoms with Crippen LogP contribution in [0.15, 0.2) is 21.2 Å². The number of hydrogen-bond acceptors (Lipinski definition) is 7. The number of aromatic nitrogens is 2. The molecular formula is C19H23Br2N5O2. The van der Waals surface area contributed by atoms with Crippen LogP contribution in [-0.2, 0) is 0 Å². The number of hydrogen-bond donors (Lipinski definition) is 1. The lowest BCUT2D eigenvalue weighted by Gasteiger charge is -2.37. The molecule has 0 aliphatic carbocycles. The first kappa shape index (κ1) is 19.7. The third kappa shape index (κ3) is 3.79. The molecule has 1 aromatic heterocycles. The molecule has 0 spiro atoms. The lowest BCUT2D eigenvalue weighted by Crippen LogP contribution is -2.51. The minimum atomic E-state index is 0.00819. The number of anilines is 2. The monoisotopic (exact) mass is 511 g/mol. The van der Waals surface area contributed by atoms with Gasteiger partial charge in [0.2, 0.25) is 5.95 Å². The Morgan fingerprint density at radius 1 is 1.11 bits per heavy atom. The minimum Gasteiger partial charge on any atom is -0.485 e. The Morgan fingerprint density at radius 3 is 2.46 bits per heavy atom. The molecule has 0 saturated carbocycles. The van der Waals surface area contributed by atoms with Gasteiger partial charge in [-0.05, 0) is 51.8 Å². The van der Waals surface area contributed by atoms with Gasteiger partial charge in [0.05, 0.1) is 0 Å². The van der Waals surface area contributed by atoms with Gasteiger partial charge in [-0.2, -0.15) is 4.98 Å². The first-order valence-corrected chi connectivity index (χ1v) is 10.9. The van der Waals surface area contributed by atoms with Crippen molar-refractivity contribution in [2.75, 3.05) is 50.0 Å². The summed E-state index contributed by atoms with van der Waals surface area (Å²) in [5, 5.41) is 0. The SMILES string of the molecule is Cc1c(Br)c(Br)c(C)c2c1OCC(CN1CCN(c3nccc(N)n3)CC1)O2. The molecule has 1 aromatic carbocycles. The quantitative estimate of drug-likeness (QED) is 0.676. The molecule has 2 aromatic rings. The number of fused-ring (bicyclic) bond motifs is 1. The van der Waals surface area contributed by atoms with Gasteiger partial charge in [-0.3, -0.25) is 4.90 Å². The second-order valence-electron chi connectivity index (χ2n) is 7.16. The van der Waals surface area contributed by atoms with Crippen LogP contribution in [0.4, 0.5) is 11.8 Å². The van der Waals surface area contributed by atoms with E-state index in [-0.39, 0.29) is 6.10 Å². The molecule has 1 atom stereocenters. The molecule has 2 aliphatic heterocycles. The highest BCUT2D eigenvalue weighted by atomic mass is 79.9. The van der Waals surface area contributed by atoms with Crippen LogP contribution >= 0.6 is 31.9 Å². The van der Waals surface area contributed by atoms with Crippen LogP contribution in [-0.4, -0.2) is 60.3 Å². The minimum absolute atomic E-state index is 0.00819. The van der Waals surface area contributed by atoms with Crippen LogP contribution in [0.2, 0.25) is 0 Å². The summed E-state index contributed by atoms with van der Waals surface area (Å²) >= 11 is 7.26. The number of benzene rings is 1. The summed E-state index contributed by atoms with van der Waals surface area (Å²) in [6.45, 7) is 9.04. The van der Waals surface area contributed by atoms with E-state index >= 15 is 0 Å². The average Bonchev–Trinajstić information content (AvgIpc) is 2.71. The van der Waals surface area contributed by atoms with Crippen molar-refractivity contribution in [3.05, 3.63) is 32.3 Å². The van der Waals surface area contributed by atoms with Gasteiger partial charge < -0.3 is 20.1 Å². The number of nitrogens with two attached hydrogens (primary N) is 1. The van der Waals surface area contributed by atoms with Crippen molar-refractivity contribution in [1.29, 1.82) is 0 Å². The summed E-state index contributed by atoms with van der Waals surface area (Å²) in [6.07, 6.45) is 1.71. The van der Waals surface area contributed by atoms with E-state index in [0.717, 1.165) is 64.3 Å². The fourth-order valence-corrected chi connectivity index (χ4v) is 4.54. The zero-order valence-corrected chi connectivity index (χ0v) is 19.1. The molecule has 2 aliphatic rings. The highest BCUT2D eigenvalue weighted by Gasteiger charge is 2.30. The van der Waals surface area contributed by atoms with Crippen LogP contribution < -0.4 is 20.1 Å². The number of nitrogen functional groups attached to an aromatic ring is 1. The number of rotatable bonds is 3. The summed E-state index contributed by atoms with van der Waals surface area (Å²) in [4.78, 5) is 13.2. The number of halogens is 2. The molecule has 28 heavy (non-hydrogen) atoms. The lowest BCUT2D eigenvalue weighted by atomic mass is 10.1. The third-order valence-electron chi connectivity index (χ3n) is 5.22. The molecule has 9 heteroatoms. The summed E-state index contributed by atoms with van der Waals surface area (Å²) in [7, 11) is 0. The Morgan fingerprint density at radius 2 is 1.79 bits per heavy atom. The van der Waals surface area contributed by atoms with E-state index in [1.165, 1.54) is 0 Å². The summed E-state index contributed by atoms with van der Waals surface area (Å²) in [5.74, 6) is 2.89. The largest absolute Gasteiger partial charge is 0.485 e. The smallest absolute Gasteiger partial charge is 0.227 e. The standard InChI is InChI=1S/C19H23Br2N5O2/c1-11-15(20)16(21)12(2)18-17(11)27-10-13(28-18)9-25-5-7-26(8-6-25)19-23-4-3-14(22)24-19/h3-4,13H,5-10H2,1-2H3,(H2,22,23,24). The first-order chi connectivity index (χ1) is 13.4. The summed E-state index contributed by atoms with van der Waals surface area (Å²) in [5.41, 5.74) is 7.89. The van der Waals surface area contributed by atoms with Gasteiger partial charge in [0.15, 0.2) is 11.5 Å². The molecule has 1 saturated heterocycles. The van der Waals surface area contributed by atoms with Gasteiger partial charge in [0, 0.05) is 59.0 Å². The highest BCUT2D eigenvalue weighted by molar-refractivity contribution is 9.13. The van der Waals surface area contributed by atoms with Crippen molar-refractivity contribution in [1.82, 2.24) is 14.9 Å². The maximum absolute atomic E-state index is 6.34. The third-order valence-corrected chi connectivity index (χ3v) is 7.73. The molecular weight excluding hydrogens is 490 g/mol. The molecule has 1 fully saturated rings. The number of piperazine rings is 1. The van der Waals surface area contributed by atoms with E-state index < -0.39 is 0 Å². The molecule has 7 nitrogen and oxygen atoms in total. The number of ether oxygens (including phenoxy) is 2. The Balaban J connectivity index is 1.38. The first-order valence-electron chi connectivity index (χ1n) is 9.27. The molecule has 0 bridgehead atoms. The lowest BCUT2D eigenvalue weighted by molar-refractivity contribution is 0.0557. The van der Waals surface area contributed by atoms with Gasteiger partial charge in [0.1, 0.15) is 18.5 Å². The van der Waals surface area contributed by atoms with E-state index in [1.54, 1.807) is 12.3 Å². The zero-order valence-electron chi connectivity index (χ0n) is 15.9. The van der Waals surface area contributed by atoms with Gasteiger partial charge in [-0.25, -0.2) is 4.98 Å². The predicted octanol–water partition coefficient (Wildman–Crippen LogP) is 3.16. The topological polar surface area (TPSA) is 76.7 Å². The Kier molecular flexibility index (Phi) is 5.66. The maximum atomic E-state index is 6.34. The number of nitrogens with zero attached hydrogens (tertiary/aromatic N) is 4. The van der Waals surface area contributed by atoms with Crippen LogP contribution in [0.25, 0.3) is 0 Å². The van der Waals surface area contributed by atoms with Gasteiger partial charge in [0.25, 0.3) is 0 Å². The second-order valence-corrected chi connectivity index (χ2v) is 8.74. The van der Waals surface area contributed by atoms with Crippen molar-refractivity contribution in [3.63, 3.8) is 0 Å². The second kappa shape index (κ2) is 8.04. The van der Waals surface area contributed by atoms with Gasteiger partial charge in [-0.1, -0.05) is 0 Å². The average molecular weight is 513 g/mol. The van der Waals surface area contributed by atoms with Crippen molar-refractivity contribution < 1.29 is 9.47 Å². The predicted molar refractivity (Wildman–Crippen MR) is 116 cm³/mol. The fourth-order valence-electron chi connectivity index (χ4n) is 3.58. The van der Waals surface area contributed by atoms with Crippen LogP contribution in [0.3, 0.4) is 0 Å². The normalized spacial score (nSPS) is 19.7. The molecule has 1 unspecified atom stereocenters. The van der Waals surface area contributed by atoms with Gasteiger partial charge >= 0.3 is 0 Å². The molecule has 4 rings (SSSR count). The molecule has 0 amide bonds. The van der Waals surface area contributed by atoms with Crippen LogP contribution in [0, 0.1) is 13.8 Å². The molecule has 3 heterocycles. The van der Waals surface area contributed by atoms with Crippen molar-refractivity contribution >= 4 is 43.6 Å². The van der Waals surface area contributed by atoms with Crippen LogP contribution in [0.5, 0.6) is 11.5 Å². The van der Waals surface area contributed by atoms with E-state index in [4.69, 9.17) is 15.2 Å². The summed E-state index contributed by atoms with van der Waals surface area (Å²) in [6, 6.07) is 1.71. The fraction of sp³-hybridized carbons (Fsp3) is 0.474. The molecule has 150 valence electrons. The highest BCUT2D eigenvalue weighted by Crippen LogP contribution is 2.46. The Labute approximate surface area is 181 Å². The zero-order chi connectivity index (χ0) is 19.8.